The van der Waals surface area contributed by atoms with E-state index in [9.17, 15) is 19.1 Å². The topological polar surface area (TPSA) is 60.9 Å². The third-order valence-electron chi connectivity index (χ3n) is 3.98. The lowest BCUT2D eigenvalue weighted by Crippen LogP contribution is -2.52. The van der Waals surface area contributed by atoms with Crippen LogP contribution in [0.3, 0.4) is 0 Å². The Hall–Kier alpha value is -2.11. The summed E-state index contributed by atoms with van der Waals surface area (Å²) < 4.78 is 13.7. The van der Waals surface area contributed by atoms with Crippen LogP contribution in [0.4, 0.5) is 14.9 Å². The van der Waals surface area contributed by atoms with E-state index in [1.54, 1.807) is 19.1 Å². The molecule has 1 aliphatic rings. The number of likely N-dealkylation sites (tertiary alicyclic amines) is 1. The molecule has 0 aliphatic carbocycles. The molecule has 0 aromatic heterocycles. The highest BCUT2D eigenvalue weighted by Crippen LogP contribution is 2.30. The Morgan fingerprint density at radius 2 is 2.05 bits per heavy atom. The van der Waals surface area contributed by atoms with E-state index >= 15 is 0 Å². The van der Waals surface area contributed by atoms with E-state index in [-0.39, 0.29) is 18.3 Å². The fraction of sp³-hybridized carbons (Fsp3) is 0.467. The van der Waals surface area contributed by atoms with Crippen molar-refractivity contribution in [3.8, 4) is 0 Å². The zero-order chi connectivity index (χ0) is 15.6. The van der Waals surface area contributed by atoms with Crippen molar-refractivity contribution in [2.45, 2.75) is 19.8 Å². The number of piperidine rings is 1. The number of para-hydroxylation sites is 1. The van der Waals surface area contributed by atoms with Gasteiger partial charge in [-0.15, -0.1) is 0 Å². The Morgan fingerprint density at radius 3 is 2.67 bits per heavy atom. The molecule has 1 fully saturated rings. The summed E-state index contributed by atoms with van der Waals surface area (Å²) in [6, 6.07) is 5.64. The molecule has 1 N–H and O–H groups in total. The largest absolute Gasteiger partial charge is 0.481 e. The standard InChI is InChI=1S/C15H19FN2O3/c1-15(13(19)20)8-5-9-18(10-15)14(21)17(2)12-7-4-3-6-11(12)16/h3-4,6-7H,5,8-10H2,1-2H3,(H,19,20). The molecule has 5 nitrogen and oxygen atoms in total. The molecule has 114 valence electrons. The summed E-state index contributed by atoms with van der Waals surface area (Å²) in [5.41, 5.74) is -0.755. The van der Waals surface area contributed by atoms with Gasteiger partial charge >= 0.3 is 12.0 Å². The van der Waals surface area contributed by atoms with E-state index < -0.39 is 17.2 Å². The quantitative estimate of drug-likeness (QED) is 0.912. The zero-order valence-electron chi connectivity index (χ0n) is 12.2. The molecule has 1 aromatic carbocycles. The smallest absolute Gasteiger partial charge is 0.324 e. The predicted molar refractivity (Wildman–Crippen MR) is 76.7 cm³/mol. The number of hydrogen-bond acceptors (Lipinski definition) is 2. The molecule has 0 saturated carbocycles. The number of aliphatic carboxylic acids is 1. The molecule has 0 radical (unpaired) electrons. The number of anilines is 1. The van der Waals surface area contributed by atoms with Crippen LogP contribution < -0.4 is 4.90 Å². The van der Waals surface area contributed by atoms with Gasteiger partial charge in [-0.3, -0.25) is 9.69 Å². The third kappa shape index (κ3) is 2.99. The Kier molecular flexibility index (Phi) is 4.16. The molecule has 1 unspecified atom stereocenters. The Balaban J connectivity index is 2.16. The van der Waals surface area contributed by atoms with Gasteiger partial charge in [0.1, 0.15) is 5.82 Å². The number of carboxylic acid groups (broad SMARTS) is 1. The van der Waals surface area contributed by atoms with E-state index in [1.165, 1.54) is 29.0 Å². The molecule has 1 saturated heterocycles. The molecule has 1 atom stereocenters. The summed E-state index contributed by atoms with van der Waals surface area (Å²) in [6.07, 6.45) is 1.16. The molecule has 2 rings (SSSR count). The van der Waals surface area contributed by atoms with Crippen molar-refractivity contribution in [2.24, 2.45) is 5.41 Å². The van der Waals surface area contributed by atoms with Crippen LogP contribution in [0.25, 0.3) is 0 Å². The number of nitrogens with zero attached hydrogens (tertiary/aromatic N) is 2. The van der Waals surface area contributed by atoms with E-state index in [4.69, 9.17) is 0 Å². The van der Waals surface area contributed by atoms with Gasteiger partial charge in [-0.05, 0) is 31.9 Å². The van der Waals surface area contributed by atoms with Gasteiger partial charge in [0.25, 0.3) is 0 Å². The SMILES string of the molecule is CN(C(=O)N1CCCC(C)(C(=O)O)C1)c1ccccc1F. The Labute approximate surface area is 123 Å². The van der Waals surface area contributed by atoms with E-state index in [2.05, 4.69) is 0 Å². The second-order valence-electron chi connectivity index (χ2n) is 5.68. The number of amides is 2. The lowest BCUT2D eigenvalue weighted by Gasteiger charge is -2.39. The minimum Gasteiger partial charge on any atom is -0.481 e. The maximum Gasteiger partial charge on any atom is 0.324 e. The molecule has 0 bridgehead atoms. The average Bonchev–Trinajstić information content (AvgIpc) is 2.46. The Bertz CT molecular complexity index is 564. The van der Waals surface area contributed by atoms with Crippen molar-refractivity contribution in [3.63, 3.8) is 0 Å². The first-order chi connectivity index (χ1) is 9.85. The van der Waals surface area contributed by atoms with Gasteiger partial charge in [0.2, 0.25) is 0 Å². The van der Waals surface area contributed by atoms with Crippen molar-refractivity contribution in [1.29, 1.82) is 0 Å². The van der Waals surface area contributed by atoms with E-state index in [1.807, 2.05) is 0 Å². The molecule has 6 heteroatoms. The zero-order valence-corrected chi connectivity index (χ0v) is 12.2. The minimum absolute atomic E-state index is 0.139. The molecule has 2 amide bonds. The molecular formula is C15H19FN2O3. The van der Waals surface area contributed by atoms with Crippen molar-refractivity contribution in [3.05, 3.63) is 30.1 Å². The van der Waals surface area contributed by atoms with Crippen LogP contribution in [0.5, 0.6) is 0 Å². The lowest BCUT2D eigenvalue weighted by atomic mass is 9.82. The van der Waals surface area contributed by atoms with Gasteiger partial charge in [-0.1, -0.05) is 12.1 Å². The molecule has 0 spiro atoms. The van der Waals surface area contributed by atoms with Crippen LogP contribution in [0.2, 0.25) is 0 Å². The first-order valence-corrected chi connectivity index (χ1v) is 6.86. The number of carbonyl (C=O) groups is 2. The van der Waals surface area contributed by atoms with Crippen molar-refractivity contribution in [2.75, 3.05) is 25.0 Å². The predicted octanol–water partition coefficient (Wildman–Crippen LogP) is 2.57. The summed E-state index contributed by atoms with van der Waals surface area (Å²) in [5, 5.41) is 9.29. The van der Waals surface area contributed by atoms with Gasteiger partial charge in [-0.2, -0.15) is 0 Å². The van der Waals surface area contributed by atoms with Crippen LogP contribution in [0.15, 0.2) is 24.3 Å². The van der Waals surface area contributed by atoms with E-state index in [0.29, 0.717) is 19.4 Å². The number of carboxylic acids is 1. The molecule has 1 aliphatic heterocycles. The van der Waals surface area contributed by atoms with Crippen LogP contribution in [0, 0.1) is 11.2 Å². The molecule has 1 aromatic rings. The third-order valence-corrected chi connectivity index (χ3v) is 3.98. The van der Waals surface area contributed by atoms with E-state index in [0.717, 1.165) is 0 Å². The normalized spacial score (nSPS) is 22.0. The van der Waals surface area contributed by atoms with Gasteiger partial charge in [-0.25, -0.2) is 9.18 Å². The van der Waals surface area contributed by atoms with Crippen LogP contribution in [-0.2, 0) is 4.79 Å². The molecular weight excluding hydrogens is 275 g/mol. The van der Waals surface area contributed by atoms with Crippen LogP contribution in [0.1, 0.15) is 19.8 Å². The summed E-state index contributed by atoms with van der Waals surface area (Å²) in [5.74, 6) is -1.39. The highest BCUT2D eigenvalue weighted by atomic mass is 19.1. The summed E-state index contributed by atoms with van der Waals surface area (Å²) >= 11 is 0. The van der Waals surface area contributed by atoms with Gasteiger partial charge < -0.3 is 10.0 Å². The second-order valence-corrected chi connectivity index (χ2v) is 5.68. The molecule has 21 heavy (non-hydrogen) atoms. The highest BCUT2D eigenvalue weighted by molar-refractivity contribution is 5.92. The first-order valence-electron chi connectivity index (χ1n) is 6.86. The lowest BCUT2D eigenvalue weighted by molar-refractivity contribution is -0.150. The summed E-state index contributed by atoms with van der Waals surface area (Å²) in [6.45, 7) is 2.26. The van der Waals surface area contributed by atoms with Crippen molar-refractivity contribution in [1.82, 2.24) is 4.90 Å². The average molecular weight is 294 g/mol. The first kappa shape index (κ1) is 15.3. The van der Waals surface area contributed by atoms with Crippen molar-refractivity contribution < 1.29 is 19.1 Å². The van der Waals surface area contributed by atoms with Crippen LogP contribution in [-0.4, -0.2) is 42.1 Å². The van der Waals surface area contributed by atoms with Gasteiger partial charge in [0, 0.05) is 20.1 Å². The highest BCUT2D eigenvalue weighted by Gasteiger charge is 2.40. The number of hydrogen-bond donors (Lipinski definition) is 1. The number of benzene rings is 1. The number of rotatable bonds is 2. The summed E-state index contributed by atoms with van der Waals surface area (Å²) in [4.78, 5) is 26.5. The monoisotopic (exact) mass is 294 g/mol. The molecule has 1 heterocycles. The fourth-order valence-corrected chi connectivity index (χ4v) is 2.62. The fourth-order valence-electron chi connectivity index (χ4n) is 2.62. The number of urea groups is 1. The Morgan fingerprint density at radius 1 is 1.38 bits per heavy atom. The van der Waals surface area contributed by atoms with Gasteiger partial charge in [0.05, 0.1) is 11.1 Å². The number of halogens is 1. The summed E-state index contributed by atoms with van der Waals surface area (Å²) in [7, 11) is 1.49. The van der Waals surface area contributed by atoms with Gasteiger partial charge in [0.15, 0.2) is 0 Å². The maximum atomic E-state index is 13.7. The maximum absolute atomic E-state index is 13.7. The van der Waals surface area contributed by atoms with Crippen LogP contribution >= 0.6 is 0 Å². The van der Waals surface area contributed by atoms with Crippen molar-refractivity contribution >= 4 is 17.7 Å². The second kappa shape index (κ2) is 5.71. The number of carbonyl (C=O) groups excluding carboxylic acids is 1. The minimum atomic E-state index is -0.940.